The van der Waals surface area contributed by atoms with Crippen LogP contribution >= 0.6 is 15.9 Å². The normalized spacial score (nSPS) is 16.9. The van der Waals surface area contributed by atoms with Gasteiger partial charge in [0.25, 0.3) is 5.91 Å². The molecule has 0 aliphatic heterocycles. The Morgan fingerprint density at radius 2 is 1.90 bits per heavy atom. The van der Waals surface area contributed by atoms with Gasteiger partial charge in [0.15, 0.2) is 0 Å². The van der Waals surface area contributed by atoms with Crippen molar-refractivity contribution in [2.45, 2.75) is 32.0 Å². The topological polar surface area (TPSA) is 20.3 Å². The van der Waals surface area contributed by atoms with Crippen LogP contribution in [-0.4, -0.2) is 29.6 Å². The van der Waals surface area contributed by atoms with E-state index in [1.807, 2.05) is 0 Å². The standard InChI is InChI=1S/C14H15BrF3NO/c1-9(10-2-3-10)19(8-14(16,17)18)13(20)11-4-6-12(15)7-5-11/h4-7,9-10H,2-3,8H2,1H3. The quantitative estimate of drug-likeness (QED) is 0.795. The molecule has 110 valence electrons. The molecular weight excluding hydrogens is 335 g/mol. The van der Waals surface area contributed by atoms with Crippen LogP contribution in [0.3, 0.4) is 0 Å². The molecule has 1 aromatic carbocycles. The first-order chi connectivity index (χ1) is 9.28. The zero-order valence-corrected chi connectivity index (χ0v) is 12.5. The highest BCUT2D eigenvalue weighted by Gasteiger charge is 2.40. The Hall–Kier alpha value is -1.04. The molecule has 1 atom stereocenters. The first kappa shape index (κ1) is 15.4. The number of hydrogen-bond acceptors (Lipinski definition) is 1. The summed E-state index contributed by atoms with van der Waals surface area (Å²) in [6.45, 7) is 0.500. The van der Waals surface area contributed by atoms with Crippen LogP contribution in [-0.2, 0) is 0 Å². The molecule has 2 rings (SSSR count). The van der Waals surface area contributed by atoms with Gasteiger partial charge in [-0.05, 0) is 49.9 Å². The number of amides is 1. The number of alkyl halides is 3. The van der Waals surface area contributed by atoms with Gasteiger partial charge < -0.3 is 4.90 Å². The largest absolute Gasteiger partial charge is 0.406 e. The minimum atomic E-state index is -4.38. The lowest BCUT2D eigenvalue weighted by Gasteiger charge is -2.30. The highest BCUT2D eigenvalue weighted by molar-refractivity contribution is 9.10. The summed E-state index contributed by atoms with van der Waals surface area (Å²) in [5, 5.41) is 0. The van der Waals surface area contributed by atoms with Crippen LogP contribution in [0.1, 0.15) is 30.1 Å². The molecule has 1 fully saturated rings. The van der Waals surface area contributed by atoms with Crippen molar-refractivity contribution in [2.75, 3.05) is 6.54 Å². The summed E-state index contributed by atoms with van der Waals surface area (Å²) in [6, 6.07) is 6.00. The zero-order valence-electron chi connectivity index (χ0n) is 11.0. The van der Waals surface area contributed by atoms with Crippen LogP contribution in [0, 0.1) is 5.92 Å². The molecule has 0 radical (unpaired) electrons. The second-order valence-corrected chi connectivity index (χ2v) is 6.05. The van der Waals surface area contributed by atoms with Gasteiger partial charge in [-0.2, -0.15) is 13.2 Å². The maximum atomic E-state index is 12.7. The second kappa shape index (κ2) is 5.76. The third-order valence-corrected chi connectivity index (χ3v) is 4.03. The van der Waals surface area contributed by atoms with Crippen LogP contribution in [0.25, 0.3) is 0 Å². The van der Waals surface area contributed by atoms with E-state index in [9.17, 15) is 18.0 Å². The van der Waals surface area contributed by atoms with Gasteiger partial charge in [0.05, 0.1) is 0 Å². The lowest BCUT2D eigenvalue weighted by Crippen LogP contribution is -2.45. The van der Waals surface area contributed by atoms with Crippen LogP contribution in [0.2, 0.25) is 0 Å². The highest BCUT2D eigenvalue weighted by atomic mass is 79.9. The van der Waals surface area contributed by atoms with Gasteiger partial charge >= 0.3 is 6.18 Å². The molecule has 0 N–H and O–H groups in total. The number of benzene rings is 1. The number of carbonyl (C=O) groups is 1. The minimum Gasteiger partial charge on any atom is -0.327 e. The van der Waals surface area contributed by atoms with Gasteiger partial charge in [-0.1, -0.05) is 15.9 Å². The van der Waals surface area contributed by atoms with Crippen molar-refractivity contribution in [1.82, 2.24) is 4.90 Å². The fourth-order valence-corrected chi connectivity index (χ4v) is 2.45. The molecule has 1 aliphatic rings. The Morgan fingerprint density at radius 1 is 1.35 bits per heavy atom. The van der Waals surface area contributed by atoms with Crippen LogP contribution in [0.4, 0.5) is 13.2 Å². The smallest absolute Gasteiger partial charge is 0.327 e. The van der Waals surface area contributed by atoms with Crippen molar-refractivity contribution in [2.24, 2.45) is 5.92 Å². The lowest BCUT2D eigenvalue weighted by molar-refractivity contribution is -0.144. The number of nitrogens with zero attached hydrogens (tertiary/aromatic N) is 1. The Labute approximate surface area is 124 Å². The summed E-state index contributed by atoms with van der Waals surface area (Å²) in [7, 11) is 0. The van der Waals surface area contributed by atoms with E-state index in [4.69, 9.17) is 0 Å². The van der Waals surface area contributed by atoms with Gasteiger partial charge in [-0.15, -0.1) is 0 Å². The summed E-state index contributed by atoms with van der Waals surface area (Å²) in [5.41, 5.74) is 0.282. The predicted octanol–water partition coefficient (Wildman–Crippen LogP) is 4.25. The summed E-state index contributed by atoms with van der Waals surface area (Å²) >= 11 is 3.24. The fourth-order valence-electron chi connectivity index (χ4n) is 2.19. The molecule has 1 saturated carbocycles. The Bertz CT molecular complexity index is 482. The maximum Gasteiger partial charge on any atom is 0.406 e. The third-order valence-electron chi connectivity index (χ3n) is 3.50. The third kappa shape index (κ3) is 3.98. The maximum absolute atomic E-state index is 12.7. The molecule has 0 aromatic heterocycles. The Morgan fingerprint density at radius 3 is 2.35 bits per heavy atom. The molecular formula is C14H15BrF3NO. The number of carbonyl (C=O) groups excluding carboxylic acids is 1. The Kier molecular flexibility index (Phi) is 4.42. The van der Waals surface area contributed by atoms with Gasteiger partial charge in [-0.3, -0.25) is 4.79 Å². The van der Waals surface area contributed by atoms with Crippen LogP contribution in [0.15, 0.2) is 28.7 Å². The zero-order chi connectivity index (χ0) is 14.9. The number of rotatable bonds is 4. The SMILES string of the molecule is CC(C1CC1)N(CC(F)(F)F)C(=O)c1ccc(Br)cc1. The lowest BCUT2D eigenvalue weighted by atomic mass is 10.1. The van der Waals surface area contributed by atoms with Gasteiger partial charge in [-0.25, -0.2) is 0 Å². The summed E-state index contributed by atoms with van der Waals surface area (Å²) < 4.78 is 38.8. The van der Waals surface area contributed by atoms with Gasteiger partial charge in [0.1, 0.15) is 6.54 Å². The van der Waals surface area contributed by atoms with E-state index in [0.717, 1.165) is 22.2 Å². The van der Waals surface area contributed by atoms with Gasteiger partial charge in [0.2, 0.25) is 0 Å². The van der Waals surface area contributed by atoms with E-state index in [1.165, 1.54) is 12.1 Å². The molecule has 2 nitrogen and oxygen atoms in total. The van der Waals surface area contributed by atoms with E-state index >= 15 is 0 Å². The molecule has 1 aromatic rings. The molecule has 6 heteroatoms. The summed E-state index contributed by atoms with van der Waals surface area (Å²) in [6.07, 6.45) is -2.60. The second-order valence-electron chi connectivity index (χ2n) is 5.13. The van der Waals surface area contributed by atoms with Crippen molar-refractivity contribution < 1.29 is 18.0 Å². The van der Waals surface area contributed by atoms with E-state index in [1.54, 1.807) is 19.1 Å². The fraction of sp³-hybridized carbons (Fsp3) is 0.500. The molecule has 0 saturated heterocycles. The summed E-state index contributed by atoms with van der Waals surface area (Å²) in [5.74, 6) is -0.369. The molecule has 0 spiro atoms. The summed E-state index contributed by atoms with van der Waals surface area (Å²) in [4.78, 5) is 13.3. The minimum absolute atomic E-state index is 0.191. The average molecular weight is 350 g/mol. The van der Waals surface area contributed by atoms with E-state index in [0.29, 0.717) is 0 Å². The average Bonchev–Trinajstić information content (AvgIpc) is 3.18. The van der Waals surface area contributed by atoms with Crippen LogP contribution in [0.5, 0.6) is 0 Å². The molecule has 20 heavy (non-hydrogen) atoms. The molecule has 1 aliphatic carbocycles. The number of halogens is 4. The highest BCUT2D eigenvalue weighted by Crippen LogP contribution is 2.36. The van der Waals surface area contributed by atoms with Gasteiger partial charge in [0, 0.05) is 16.1 Å². The van der Waals surface area contributed by atoms with Crippen molar-refractivity contribution >= 4 is 21.8 Å². The molecule has 1 unspecified atom stereocenters. The first-order valence-corrected chi connectivity index (χ1v) is 7.20. The van der Waals surface area contributed by atoms with Crippen molar-refractivity contribution in [3.63, 3.8) is 0 Å². The predicted molar refractivity (Wildman–Crippen MR) is 73.4 cm³/mol. The number of hydrogen-bond donors (Lipinski definition) is 0. The Balaban J connectivity index is 2.20. The van der Waals surface area contributed by atoms with E-state index in [2.05, 4.69) is 15.9 Å². The van der Waals surface area contributed by atoms with Crippen molar-refractivity contribution in [1.29, 1.82) is 0 Å². The monoisotopic (exact) mass is 349 g/mol. The van der Waals surface area contributed by atoms with E-state index < -0.39 is 18.6 Å². The first-order valence-electron chi connectivity index (χ1n) is 6.41. The molecule has 1 amide bonds. The van der Waals surface area contributed by atoms with Crippen LogP contribution < -0.4 is 0 Å². The van der Waals surface area contributed by atoms with Crippen molar-refractivity contribution in [3.8, 4) is 0 Å². The van der Waals surface area contributed by atoms with Crippen molar-refractivity contribution in [3.05, 3.63) is 34.3 Å². The van der Waals surface area contributed by atoms with E-state index in [-0.39, 0.29) is 17.5 Å². The molecule has 0 heterocycles. The molecule has 0 bridgehead atoms.